The van der Waals surface area contributed by atoms with Gasteiger partial charge >= 0.3 is 5.97 Å². The zero-order valence-corrected chi connectivity index (χ0v) is 17.3. The molecule has 3 aromatic rings. The average molecular weight is 427 g/mol. The number of carbonyl (C=O) groups is 2. The van der Waals surface area contributed by atoms with Crippen LogP contribution >= 0.6 is 11.8 Å². The Bertz CT molecular complexity index is 1020. The fraction of sp³-hybridized carbons (Fsp3) is 0.238. The van der Waals surface area contributed by atoms with Crippen molar-refractivity contribution in [2.45, 2.75) is 31.6 Å². The number of benzene rings is 2. The number of rotatable bonds is 9. The molecule has 0 aliphatic carbocycles. The normalized spacial score (nSPS) is 10.8. The van der Waals surface area contributed by atoms with Crippen molar-refractivity contribution in [3.05, 3.63) is 65.5 Å². The molecule has 2 N–H and O–H groups in total. The molecular formula is C21H21N3O5S. The third kappa shape index (κ3) is 6.08. The number of hydrogen-bond acceptors (Lipinski definition) is 7. The summed E-state index contributed by atoms with van der Waals surface area (Å²) in [6, 6.07) is 13.8. The maximum Gasteiger partial charge on any atom is 0.335 e. The monoisotopic (exact) mass is 427 g/mol. The van der Waals surface area contributed by atoms with E-state index in [0.717, 1.165) is 11.8 Å². The molecule has 2 aromatic carbocycles. The van der Waals surface area contributed by atoms with Crippen molar-refractivity contribution < 1.29 is 23.8 Å². The smallest absolute Gasteiger partial charge is 0.335 e. The zero-order chi connectivity index (χ0) is 21.5. The van der Waals surface area contributed by atoms with Gasteiger partial charge < -0.3 is 19.6 Å². The molecule has 0 aliphatic heterocycles. The van der Waals surface area contributed by atoms with Crippen molar-refractivity contribution in [2.75, 3.05) is 11.1 Å². The molecule has 0 bridgehead atoms. The first-order valence-corrected chi connectivity index (χ1v) is 10.2. The Kier molecular flexibility index (Phi) is 7.08. The molecule has 0 fully saturated rings. The van der Waals surface area contributed by atoms with Crippen LogP contribution in [0.25, 0.3) is 0 Å². The van der Waals surface area contributed by atoms with Crippen molar-refractivity contribution in [3.63, 3.8) is 0 Å². The summed E-state index contributed by atoms with van der Waals surface area (Å²) in [5, 5.41) is 19.7. The number of carboxylic acid groups (broad SMARTS) is 1. The molecule has 0 aliphatic rings. The minimum absolute atomic E-state index is 0.0381. The SMILES string of the molecule is CC(C)c1ccc(OCc2nnc(SCC(=O)Nc3cccc(C(=O)O)c3)o2)cc1. The maximum absolute atomic E-state index is 12.1. The number of nitrogens with zero attached hydrogens (tertiary/aromatic N) is 2. The van der Waals surface area contributed by atoms with Crippen molar-refractivity contribution in [1.82, 2.24) is 10.2 Å². The first kappa shape index (κ1) is 21.4. The average Bonchev–Trinajstić information content (AvgIpc) is 3.19. The Hall–Kier alpha value is -3.33. The summed E-state index contributed by atoms with van der Waals surface area (Å²) in [6.45, 7) is 4.38. The highest BCUT2D eigenvalue weighted by Gasteiger charge is 2.11. The Balaban J connectivity index is 1.46. The summed E-state index contributed by atoms with van der Waals surface area (Å²) in [5.41, 5.74) is 1.73. The third-order valence-electron chi connectivity index (χ3n) is 4.08. The van der Waals surface area contributed by atoms with Crippen LogP contribution in [0, 0.1) is 0 Å². The van der Waals surface area contributed by atoms with E-state index in [1.165, 1.54) is 17.7 Å². The fourth-order valence-corrected chi connectivity index (χ4v) is 3.08. The van der Waals surface area contributed by atoms with Gasteiger partial charge in [-0.1, -0.05) is 43.8 Å². The second kappa shape index (κ2) is 9.93. The summed E-state index contributed by atoms with van der Waals surface area (Å²) in [5.74, 6) is 0.125. The topological polar surface area (TPSA) is 115 Å². The lowest BCUT2D eigenvalue weighted by molar-refractivity contribution is -0.113. The van der Waals surface area contributed by atoms with Gasteiger partial charge in [0.2, 0.25) is 5.91 Å². The number of anilines is 1. The van der Waals surface area contributed by atoms with Crippen molar-refractivity contribution in [1.29, 1.82) is 0 Å². The molecule has 0 saturated carbocycles. The molecule has 0 saturated heterocycles. The Morgan fingerprint density at radius 3 is 2.63 bits per heavy atom. The highest BCUT2D eigenvalue weighted by Crippen LogP contribution is 2.21. The highest BCUT2D eigenvalue weighted by molar-refractivity contribution is 7.99. The van der Waals surface area contributed by atoms with Gasteiger partial charge in [-0.3, -0.25) is 4.79 Å². The molecule has 0 unspecified atom stereocenters. The van der Waals surface area contributed by atoms with Crippen molar-refractivity contribution in [2.24, 2.45) is 0 Å². The molecular weight excluding hydrogens is 406 g/mol. The largest absolute Gasteiger partial charge is 0.484 e. The van der Waals surface area contributed by atoms with Crippen LogP contribution in [0.2, 0.25) is 0 Å². The second-order valence-electron chi connectivity index (χ2n) is 6.70. The summed E-state index contributed by atoms with van der Waals surface area (Å²) >= 11 is 1.08. The molecule has 1 heterocycles. The van der Waals surface area contributed by atoms with E-state index < -0.39 is 5.97 Å². The van der Waals surface area contributed by atoms with E-state index in [1.807, 2.05) is 24.3 Å². The van der Waals surface area contributed by atoms with Crippen LogP contribution in [-0.4, -0.2) is 32.9 Å². The standard InChI is InChI=1S/C21H21N3O5S/c1-13(2)14-6-8-17(9-7-14)28-11-19-23-24-21(29-19)30-12-18(25)22-16-5-3-4-15(10-16)20(26)27/h3-10,13H,11-12H2,1-2H3,(H,22,25)(H,26,27). The van der Waals surface area contributed by atoms with E-state index in [1.54, 1.807) is 12.1 Å². The van der Waals surface area contributed by atoms with Crippen LogP contribution in [0.3, 0.4) is 0 Å². The predicted molar refractivity (Wildman–Crippen MR) is 112 cm³/mol. The van der Waals surface area contributed by atoms with Gasteiger partial charge in [0.05, 0.1) is 11.3 Å². The molecule has 8 nitrogen and oxygen atoms in total. The molecule has 156 valence electrons. The lowest BCUT2D eigenvalue weighted by atomic mass is 10.0. The van der Waals surface area contributed by atoms with Crippen LogP contribution < -0.4 is 10.1 Å². The van der Waals surface area contributed by atoms with Gasteiger partial charge in [-0.2, -0.15) is 0 Å². The first-order valence-electron chi connectivity index (χ1n) is 9.22. The van der Waals surface area contributed by atoms with Gasteiger partial charge in [0.1, 0.15) is 5.75 Å². The van der Waals surface area contributed by atoms with Gasteiger partial charge in [-0.15, -0.1) is 10.2 Å². The van der Waals surface area contributed by atoms with Crippen LogP contribution in [0.4, 0.5) is 5.69 Å². The van der Waals surface area contributed by atoms with E-state index in [0.29, 0.717) is 23.2 Å². The molecule has 9 heteroatoms. The Morgan fingerprint density at radius 1 is 1.17 bits per heavy atom. The van der Waals surface area contributed by atoms with E-state index in [9.17, 15) is 9.59 Å². The molecule has 0 radical (unpaired) electrons. The van der Waals surface area contributed by atoms with Crippen molar-refractivity contribution in [3.8, 4) is 5.75 Å². The van der Waals surface area contributed by atoms with Gasteiger partial charge in [0.25, 0.3) is 11.1 Å². The van der Waals surface area contributed by atoms with E-state index >= 15 is 0 Å². The van der Waals surface area contributed by atoms with Gasteiger partial charge in [0.15, 0.2) is 6.61 Å². The first-order chi connectivity index (χ1) is 14.4. The molecule has 1 amide bonds. The number of thioether (sulfide) groups is 1. The third-order valence-corrected chi connectivity index (χ3v) is 4.90. The van der Waals surface area contributed by atoms with E-state index in [-0.39, 0.29) is 29.1 Å². The fourth-order valence-electron chi connectivity index (χ4n) is 2.50. The number of carboxylic acids is 1. The summed E-state index contributed by atoms with van der Waals surface area (Å²) in [7, 11) is 0. The minimum atomic E-state index is -1.06. The number of amides is 1. The van der Waals surface area contributed by atoms with Crippen LogP contribution in [0.1, 0.15) is 41.6 Å². The second-order valence-corrected chi connectivity index (χ2v) is 7.62. The molecule has 30 heavy (non-hydrogen) atoms. The quantitative estimate of drug-likeness (QED) is 0.488. The van der Waals surface area contributed by atoms with Crippen LogP contribution in [0.5, 0.6) is 5.75 Å². The van der Waals surface area contributed by atoms with Crippen molar-refractivity contribution >= 4 is 29.3 Å². The molecule has 0 atom stereocenters. The summed E-state index contributed by atoms with van der Waals surface area (Å²) < 4.78 is 11.1. The van der Waals surface area contributed by atoms with E-state index in [2.05, 4.69) is 29.4 Å². The Morgan fingerprint density at radius 2 is 1.93 bits per heavy atom. The van der Waals surface area contributed by atoms with Gasteiger partial charge in [-0.05, 0) is 41.8 Å². The minimum Gasteiger partial charge on any atom is -0.484 e. The lowest BCUT2D eigenvalue weighted by Crippen LogP contribution is -2.14. The van der Waals surface area contributed by atoms with Crippen LogP contribution in [0.15, 0.2) is 58.2 Å². The number of nitrogens with one attached hydrogen (secondary N) is 1. The van der Waals surface area contributed by atoms with E-state index in [4.69, 9.17) is 14.3 Å². The number of aromatic carboxylic acids is 1. The van der Waals surface area contributed by atoms with Gasteiger partial charge in [0, 0.05) is 5.69 Å². The predicted octanol–water partition coefficient (Wildman–Crippen LogP) is 4.20. The number of carbonyl (C=O) groups excluding carboxylic acids is 1. The summed E-state index contributed by atoms with van der Waals surface area (Å²) in [6.07, 6.45) is 0. The van der Waals surface area contributed by atoms with Crippen LogP contribution in [-0.2, 0) is 11.4 Å². The maximum atomic E-state index is 12.1. The molecule has 1 aromatic heterocycles. The zero-order valence-electron chi connectivity index (χ0n) is 16.5. The number of ether oxygens (including phenoxy) is 1. The number of hydrogen-bond donors (Lipinski definition) is 2. The highest BCUT2D eigenvalue weighted by atomic mass is 32.2. The summed E-state index contributed by atoms with van der Waals surface area (Å²) in [4.78, 5) is 23.0. The molecule has 3 rings (SSSR count). The lowest BCUT2D eigenvalue weighted by Gasteiger charge is -2.07. The number of aromatic nitrogens is 2. The van der Waals surface area contributed by atoms with Gasteiger partial charge in [-0.25, -0.2) is 4.79 Å². The Labute approximate surface area is 177 Å². The molecule has 0 spiro atoms.